The largest absolute Gasteiger partial charge is 0.497 e. The summed E-state index contributed by atoms with van der Waals surface area (Å²) in [6.45, 7) is 0.527. The lowest BCUT2D eigenvalue weighted by atomic mass is 9.99. The van der Waals surface area contributed by atoms with E-state index < -0.39 is 0 Å². The number of carbonyl (C=O) groups is 1. The molecule has 2 aliphatic rings. The molecule has 1 aliphatic carbocycles. The van der Waals surface area contributed by atoms with E-state index in [1.54, 1.807) is 19.5 Å². The summed E-state index contributed by atoms with van der Waals surface area (Å²) < 4.78 is 11.2. The van der Waals surface area contributed by atoms with Gasteiger partial charge >= 0.3 is 0 Å². The monoisotopic (exact) mass is 338 g/mol. The number of ether oxygens (including phenoxy) is 2. The topological polar surface area (TPSA) is 51.7 Å². The molecule has 5 nitrogen and oxygen atoms in total. The number of aromatic nitrogens is 1. The van der Waals surface area contributed by atoms with Gasteiger partial charge in [-0.05, 0) is 61.6 Å². The Morgan fingerprint density at radius 1 is 1.20 bits per heavy atom. The maximum absolute atomic E-state index is 13.0. The third-order valence-electron chi connectivity index (χ3n) is 5.36. The minimum atomic E-state index is 0.0728. The molecule has 2 fully saturated rings. The van der Waals surface area contributed by atoms with Gasteiger partial charge in [-0.2, -0.15) is 0 Å². The average molecular weight is 338 g/mol. The van der Waals surface area contributed by atoms with Crippen LogP contribution in [-0.2, 0) is 0 Å². The van der Waals surface area contributed by atoms with Crippen molar-refractivity contribution in [3.05, 3.63) is 54.4 Å². The van der Waals surface area contributed by atoms with Gasteiger partial charge in [0, 0.05) is 18.4 Å². The number of benzene rings is 1. The number of pyridine rings is 1. The molecule has 1 saturated heterocycles. The van der Waals surface area contributed by atoms with Crippen LogP contribution < -0.4 is 9.47 Å². The van der Waals surface area contributed by atoms with Crippen LogP contribution >= 0.6 is 0 Å². The zero-order valence-electron chi connectivity index (χ0n) is 14.3. The van der Waals surface area contributed by atoms with Gasteiger partial charge in [-0.1, -0.05) is 0 Å². The molecule has 2 aromatic rings. The number of methoxy groups -OCH3 is 1. The summed E-state index contributed by atoms with van der Waals surface area (Å²) in [5, 5.41) is 0. The molecule has 1 aliphatic heterocycles. The number of carbonyl (C=O) groups excluding carboxylic acids is 1. The molecule has 1 saturated carbocycles. The van der Waals surface area contributed by atoms with Gasteiger partial charge in [-0.25, -0.2) is 0 Å². The van der Waals surface area contributed by atoms with Gasteiger partial charge in [0.2, 0.25) is 0 Å². The van der Waals surface area contributed by atoms with Crippen molar-refractivity contribution in [3.63, 3.8) is 0 Å². The number of likely N-dealkylation sites (tertiary alicyclic amines) is 1. The molecule has 0 radical (unpaired) electrons. The first-order valence-corrected chi connectivity index (χ1v) is 8.76. The molecule has 1 amide bonds. The summed E-state index contributed by atoms with van der Waals surface area (Å²) in [6.07, 6.45) is 6.70. The summed E-state index contributed by atoms with van der Waals surface area (Å²) in [4.78, 5) is 19.1. The first-order valence-electron chi connectivity index (χ1n) is 8.76. The number of fused-ring (bicyclic) bond motifs is 2. The fraction of sp³-hybridized carbons (Fsp3) is 0.400. The minimum absolute atomic E-state index is 0.0728. The third-order valence-corrected chi connectivity index (χ3v) is 5.36. The smallest absolute Gasteiger partial charge is 0.256 e. The van der Waals surface area contributed by atoms with E-state index in [4.69, 9.17) is 9.47 Å². The fourth-order valence-electron chi connectivity index (χ4n) is 4.12. The maximum Gasteiger partial charge on any atom is 0.256 e. The van der Waals surface area contributed by atoms with Crippen LogP contribution in [0.1, 0.15) is 29.6 Å². The molecule has 1 aromatic heterocycles. The predicted octanol–water partition coefficient (Wildman–Crippen LogP) is 3.16. The molecule has 130 valence electrons. The Kier molecular flexibility index (Phi) is 4.30. The molecular weight excluding hydrogens is 316 g/mol. The van der Waals surface area contributed by atoms with E-state index >= 15 is 0 Å². The number of hydrogen-bond donors (Lipinski definition) is 0. The van der Waals surface area contributed by atoms with Gasteiger partial charge in [0.25, 0.3) is 5.91 Å². The summed E-state index contributed by atoms with van der Waals surface area (Å²) in [5.41, 5.74) is 0.657. The maximum atomic E-state index is 13.0. The molecule has 4 rings (SSSR count). The van der Waals surface area contributed by atoms with Crippen LogP contribution in [0.25, 0.3) is 0 Å². The van der Waals surface area contributed by atoms with Crippen LogP contribution in [0.5, 0.6) is 11.5 Å². The van der Waals surface area contributed by atoms with Gasteiger partial charge in [0.1, 0.15) is 18.1 Å². The molecular formula is C20H22N2O3. The highest BCUT2D eigenvalue weighted by Gasteiger charge is 2.48. The molecule has 2 heterocycles. The second kappa shape index (κ2) is 6.75. The van der Waals surface area contributed by atoms with Gasteiger partial charge in [0.15, 0.2) is 0 Å². The molecule has 0 unspecified atom stereocenters. The molecule has 25 heavy (non-hydrogen) atoms. The fourth-order valence-corrected chi connectivity index (χ4v) is 4.12. The van der Waals surface area contributed by atoms with Crippen molar-refractivity contribution >= 4 is 5.91 Å². The van der Waals surface area contributed by atoms with Crippen molar-refractivity contribution in [2.45, 2.75) is 31.3 Å². The first-order chi connectivity index (χ1) is 12.3. The van der Waals surface area contributed by atoms with Crippen LogP contribution in [0.15, 0.2) is 48.8 Å². The number of piperidine rings is 1. The standard InChI is InChI=1S/C20H22N2O3/c1-24-17-6-8-18(9-7-17)25-13-19-14-4-5-16(11-14)22(19)20(23)15-3-2-10-21-12-15/h2-3,6-10,12,14,16,19H,4-5,11,13H2,1H3/t14-,16-,19-/m0/s1. The quantitative estimate of drug-likeness (QED) is 0.840. The second-order valence-electron chi connectivity index (χ2n) is 6.73. The highest BCUT2D eigenvalue weighted by molar-refractivity contribution is 5.94. The summed E-state index contributed by atoms with van der Waals surface area (Å²) in [5.74, 6) is 2.21. The highest BCUT2D eigenvalue weighted by atomic mass is 16.5. The summed E-state index contributed by atoms with van der Waals surface area (Å²) >= 11 is 0. The lowest BCUT2D eigenvalue weighted by Gasteiger charge is -2.35. The number of rotatable bonds is 5. The Balaban J connectivity index is 1.48. The van der Waals surface area contributed by atoms with Gasteiger partial charge in [-0.3, -0.25) is 9.78 Å². The number of amides is 1. The predicted molar refractivity (Wildman–Crippen MR) is 93.8 cm³/mol. The van der Waals surface area contributed by atoms with Crippen LogP contribution in [-0.4, -0.2) is 41.6 Å². The molecule has 0 spiro atoms. The Labute approximate surface area is 147 Å². The van der Waals surface area contributed by atoms with Crippen molar-refractivity contribution < 1.29 is 14.3 Å². The van der Waals surface area contributed by atoms with Gasteiger partial charge in [0.05, 0.1) is 18.7 Å². The molecule has 1 aromatic carbocycles. The lowest BCUT2D eigenvalue weighted by Crippen LogP contribution is -2.47. The zero-order valence-corrected chi connectivity index (χ0v) is 14.3. The van der Waals surface area contributed by atoms with Gasteiger partial charge in [-0.15, -0.1) is 0 Å². The molecule has 0 N–H and O–H groups in total. The Hall–Kier alpha value is -2.56. The van der Waals surface area contributed by atoms with E-state index in [1.165, 1.54) is 6.42 Å². The molecule has 3 atom stereocenters. The van der Waals surface area contributed by atoms with Crippen LogP contribution in [0.4, 0.5) is 0 Å². The third kappa shape index (κ3) is 3.06. The summed E-state index contributed by atoms with van der Waals surface area (Å²) in [6, 6.07) is 11.7. The lowest BCUT2D eigenvalue weighted by molar-refractivity contribution is 0.0505. The molecule has 5 heteroatoms. The zero-order chi connectivity index (χ0) is 17.2. The number of hydrogen-bond acceptors (Lipinski definition) is 4. The highest BCUT2D eigenvalue weighted by Crippen LogP contribution is 2.43. The first kappa shape index (κ1) is 15.9. The van der Waals surface area contributed by atoms with E-state index in [0.29, 0.717) is 24.1 Å². The Morgan fingerprint density at radius 3 is 2.72 bits per heavy atom. The SMILES string of the molecule is COc1ccc(OC[C@H]2[C@H]3CC[C@@H](C3)N2C(=O)c2cccnc2)cc1. The van der Waals surface area contributed by atoms with Gasteiger partial charge < -0.3 is 14.4 Å². The van der Waals surface area contributed by atoms with E-state index in [-0.39, 0.29) is 11.9 Å². The molecule has 2 bridgehead atoms. The van der Waals surface area contributed by atoms with Crippen molar-refractivity contribution in [2.24, 2.45) is 5.92 Å². The van der Waals surface area contributed by atoms with Crippen LogP contribution in [0.3, 0.4) is 0 Å². The Bertz CT molecular complexity index is 732. The van der Waals surface area contributed by atoms with Crippen molar-refractivity contribution in [3.8, 4) is 11.5 Å². The van der Waals surface area contributed by atoms with E-state index in [9.17, 15) is 4.79 Å². The Morgan fingerprint density at radius 2 is 2.00 bits per heavy atom. The van der Waals surface area contributed by atoms with E-state index in [0.717, 1.165) is 24.3 Å². The number of nitrogens with zero attached hydrogens (tertiary/aromatic N) is 2. The normalized spacial score (nSPS) is 24.4. The average Bonchev–Trinajstić information content (AvgIpc) is 3.28. The van der Waals surface area contributed by atoms with E-state index in [2.05, 4.69) is 4.98 Å². The summed E-state index contributed by atoms with van der Waals surface area (Å²) in [7, 11) is 1.65. The second-order valence-corrected chi connectivity index (χ2v) is 6.73. The van der Waals surface area contributed by atoms with Crippen molar-refractivity contribution in [1.29, 1.82) is 0 Å². The van der Waals surface area contributed by atoms with Crippen molar-refractivity contribution in [1.82, 2.24) is 9.88 Å². The van der Waals surface area contributed by atoms with Crippen LogP contribution in [0, 0.1) is 5.92 Å². The van der Waals surface area contributed by atoms with E-state index in [1.807, 2.05) is 41.3 Å². The minimum Gasteiger partial charge on any atom is -0.497 e. The van der Waals surface area contributed by atoms with Crippen molar-refractivity contribution in [2.75, 3.05) is 13.7 Å². The van der Waals surface area contributed by atoms with Crippen LogP contribution in [0.2, 0.25) is 0 Å².